The quantitative estimate of drug-likeness (QED) is 0.539. The van der Waals surface area contributed by atoms with E-state index in [-0.39, 0.29) is 5.41 Å². The van der Waals surface area contributed by atoms with Crippen LogP contribution < -0.4 is 5.32 Å². The van der Waals surface area contributed by atoms with Crippen LogP contribution in [0.4, 0.5) is 0 Å². The molecule has 1 saturated carbocycles. The van der Waals surface area contributed by atoms with Gasteiger partial charge in [-0.15, -0.1) is 6.58 Å². The van der Waals surface area contributed by atoms with Crippen LogP contribution in [0.5, 0.6) is 0 Å². The van der Waals surface area contributed by atoms with Crippen molar-refractivity contribution in [2.24, 2.45) is 11.3 Å². The minimum atomic E-state index is -0.672. The fourth-order valence-electron chi connectivity index (χ4n) is 2.91. The molecule has 0 aromatic heterocycles. The van der Waals surface area contributed by atoms with Gasteiger partial charge in [-0.2, -0.15) is 0 Å². The van der Waals surface area contributed by atoms with Gasteiger partial charge in [-0.05, 0) is 24.2 Å². The van der Waals surface area contributed by atoms with E-state index in [4.69, 9.17) is 5.11 Å². The van der Waals surface area contributed by atoms with Gasteiger partial charge in [0.25, 0.3) is 0 Å². The van der Waals surface area contributed by atoms with Crippen LogP contribution in [0, 0.1) is 11.3 Å². The minimum absolute atomic E-state index is 0.0352. The Morgan fingerprint density at radius 3 is 3.00 bits per heavy atom. The summed E-state index contributed by atoms with van der Waals surface area (Å²) in [6, 6.07) is 0. The largest absolute Gasteiger partial charge is 0.481 e. The second kappa shape index (κ2) is 6.04. The molecule has 2 N–H and O–H groups in total. The van der Waals surface area contributed by atoms with Crippen LogP contribution >= 0.6 is 0 Å². The summed E-state index contributed by atoms with van der Waals surface area (Å²) in [5.74, 6) is -0.0202. The number of carbonyl (C=O) groups is 1. The van der Waals surface area contributed by atoms with Gasteiger partial charge in [-0.25, -0.2) is 0 Å². The van der Waals surface area contributed by atoms with E-state index in [0.29, 0.717) is 12.3 Å². The molecule has 0 amide bonds. The van der Waals surface area contributed by atoms with Crippen molar-refractivity contribution in [1.82, 2.24) is 5.32 Å². The molecular formula is C13H23NO2. The maximum absolute atomic E-state index is 11.0. The molecule has 0 radical (unpaired) electrons. The summed E-state index contributed by atoms with van der Waals surface area (Å²) in [4.78, 5) is 11.0. The fourth-order valence-corrected chi connectivity index (χ4v) is 2.91. The number of carboxylic acid groups (broad SMARTS) is 1. The molecule has 1 aliphatic carbocycles. The summed E-state index contributed by atoms with van der Waals surface area (Å²) in [6.45, 7) is 7.45. The Hall–Kier alpha value is -0.830. The highest BCUT2D eigenvalue weighted by Gasteiger charge is 2.36. The highest BCUT2D eigenvalue weighted by atomic mass is 16.4. The van der Waals surface area contributed by atoms with Crippen molar-refractivity contribution >= 4 is 5.97 Å². The molecule has 0 saturated heterocycles. The number of aliphatic carboxylic acids is 1. The van der Waals surface area contributed by atoms with E-state index in [1.165, 1.54) is 6.42 Å². The number of hydrogen-bond acceptors (Lipinski definition) is 2. The molecule has 2 atom stereocenters. The van der Waals surface area contributed by atoms with E-state index in [1.54, 1.807) is 0 Å². The molecule has 1 aliphatic rings. The van der Waals surface area contributed by atoms with Crippen LogP contribution in [0.25, 0.3) is 0 Å². The zero-order chi connectivity index (χ0) is 12.0. The second-order valence-corrected chi connectivity index (χ2v) is 5.19. The average Bonchev–Trinajstić information content (AvgIpc) is 2.16. The van der Waals surface area contributed by atoms with Crippen LogP contribution in [0.2, 0.25) is 0 Å². The molecule has 0 aromatic carbocycles. The topological polar surface area (TPSA) is 49.3 Å². The van der Waals surface area contributed by atoms with Gasteiger partial charge in [-0.3, -0.25) is 4.79 Å². The Kier molecular flexibility index (Phi) is 5.00. The smallest absolute Gasteiger partial charge is 0.303 e. The van der Waals surface area contributed by atoms with Crippen molar-refractivity contribution in [2.45, 2.75) is 39.0 Å². The number of rotatable bonds is 6. The lowest BCUT2D eigenvalue weighted by Gasteiger charge is -2.39. The van der Waals surface area contributed by atoms with Crippen molar-refractivity contribution in [3.8, 4) is 0 Å². The molecule has 1 fully saturated rings. The summed E-state index contributed by atoms with van der Waals surface area (Å²) < 4.78 is 0. The third-order valence-corrected chi connectivity index (χ3v) is 3.50. The molecule has 3 nitrogen and oxygen atoms in total. The standard InChI is InChI=1S/C13H23NO2/c1-3-7-14-10-13(9-12(15)16)6-4-5-11(2)8-13/h3,11,14H,1,4-10H2,2H3,(H,15,16)/t11-,13+/m1/s1. The molecule has 0 unspecified atom stereocenters. The van der Waals surface area contributed by atoms with Crippen molar-refractivity contribution in [1.29, 1.82) is 0 Å². The maximum Gasteiger partial charge on any atom is 0.303 e. The van der Waals surface area contributed by atoms with Crippen molar-refractivity contribution in [3.63, 3.8) is 0 Å². The summed E-state index contributed by atoms with van der Waals surface area (Å²) in [7, 11) is 0. The molecule has 1 rings (SSSR count). The Morgan fingerprint density at radius 2 is 2.44 bits per heavy atom. The third kappa shape index (κ3) is 3.97. The predicted octanol–water partition coefficient (Wildman–Crippen LogP) is 2.43. The SMILES string of the molecule is C=CCNC[C@@]1(CC(=O)O)CCC[C@@H](C)C1. The van der Waals surface area contributed by atoms with E-state index in [1.807, 2.05) is 6.08 Å². The molecule has 0 spiro atoms. The maximum atomic E-state index is 11.0. The van der Waals surface area contributed by atoms with E-state index in [0.717, 1.165) is 32.4 Å². The molecular weight excluding hydrogens is 202 g/mol. The number of carboxylic acids is 1. The van der Waals surface area contributed by atoms with Gasteiger partial charge in [0.2, 0.25) is 0 Å². The Morgan fingerprint density at radius 1 is 1.69 bits per heavy atom. The van der Waals surface area contributed by atoms with Gasteiger partial charge in [0, 0.05) is 13.1 Å². The molecule has 92 valence electrons. The second-order valence-electron chi connectivity index (χ2n) is 5.19. The zero-order valence-corrected chi connectivity index (χ0v) is 10.2. The van der Waals surface area contributed by atoms with Crippen molar-refractivity contribution < 1.29 is 9.90 Å². The van der Waals surface area contributed by atoms with Gasteiger partial charge in [0.05, 0.1) is 6.42 Å². The van der Waals surface area contributed by atoms with Crippen LogP contribution in [0.15, 0.2) is 12.7 Å². The average molecular weight is 225 g/mol. The van der Waals surface area contributed by atoms with Gasteiger partial charge >= 0.3 is 5.97 Å². The molecule has 16 heavy (non-hydrogen) atoms. The lowest BCUT2D eigenvalue weighted by atomic mass is 9.68. The van der Waals surface area contributed by atoms with Crippen molar-refractivity contribution in [3.05, 3.63) is 12.7 Å². The normalized spacial score (nSPS) is 29.9. The van der Waals surface area contributed by atoms with Crippen LogP contribution in [0.3, 0.4) is 0 Å². The predicted molar refractivity (Wildman–Crippen MR) is 65.4 cm³/mol. The van der Waals surface area contributed by atoms with Gasteiger partial charge in [0.1, 0.15) is 0 Å². The molecule has 0 aliphatic heterocycles. The Balaban J connectivity index is 2.58. The van der Waals surface area contributed by atoms with Crippen LogP contribution in [0.1, 0.15) is 39.0 Å². The first-order valence-corrected chi connectivity index (χ1v) is 6.11. The summed E-state index contributed by atoms with van der Waals surface area (Å²) in [5.41, 5.74) is -0.0352. The summed E-state index contributed by atoms with van der Waals surface area (Å²) >= 11 is 0. The van der Waals surface area contributed by atoms with Gasteiger partial charge in [-0.1, -0.05) is 25.8 Å². The molecule has 0 heterocycles. The number of hydrogen-bond donors (Lipinski definition) is 2. The monoisotopic (exact) mass is 225 g/mol. The molecule has 0 aromatic rings. The first kappa shape index (κ1) is 13.2. The fraction of sp³-hybridized carbons (Fsp3) is 0.769. The lowest BCUT2D eigenvalue weighted by molar-refractivity contribution is -0.140. The van der Waals surface area contributed by atoms with E-state index < -0.39 is 5.97 Å². The highest BCUT2D eigenvalue weighted by molar-refractivity contribution is 5.67. The zero-order valence-electron chi connectivity index (χ0n) is 10.2. The molecule has 0 bridgehead atoms. The minimum Gasteiger partial charge on any atom is -0.481 e. The highest BCUT2D eigenvalue weighted by Crippen LogP contribution is 2.41. The summed E-state index contributed by atoms with van der Waals surface area (Å²) in [5, 5.41) is 12.3. The summed E-state index contributed by atoms with van der Waals surface area (Å²) in [6.07, 6.45) is 6.58. The Bertz CT molecular complexity index is 252. The van der Waals surface area contributed by atoms with Crippen LogP contribution in [-0.2, 0) is 4.79 Å². The molecule has 3 heteroatoms. The van der Waals surface area contributed by atoms with Gasteiger partial charge < -0.3 is 10.4 Å². The van der Waals surface area contributed by atoms with Crippen LogP contribution in [-0.4, -0.2) is 24.2 Å². The first-order valence-electron chi connectivity index (χ1n) is 6.11. The van der Waals surface area contributed by atoms with E-state index in [9.17, 15) is 4.79 Å². The third-order valence-electron chi connectivity index (χ3n) is 3.50. The van der Waals surface area contributed by atoms with E-state index >= 15 is 0 Å². The lowest BCUT2D eigenvalue weighted by Crippen LogP contribution is -2.39. The Labute approximate surface area is 97.9 Å². The van der Waals surface area contributed by atoms with Crippen molar-refractivity contribution in [2.75, 3.05) is 13.1 Å². The number of nitrogens with one attached hydrogen (secondary N) is 1. The first-order chi connectivity index (χ1) is 7.58. The van der Waals surface area contributed by atoms with Gasteiger partial charge in [0.15, 0.2) is 0 Å². The van der Waals surface area contributed by atoms with E-state index in [2.05, 4.69) is 18.8 Å².